The summed E-state index contributed by atoms with van der Waals surface area (Å²) in [5.41, 5.74) is 0.313. The van der Waals surface area contributed by atoms with Crippen molar-refractivity contribution < 1.29 is 8.42 Å². The molecule has 1 heterocycles. The van der Waals surface area contributed by atoms with Gasteiger partial charge in [0.2, 0.25) is 5.95 Å². The molecular weight excluding hydrogens is 427 g/mol. The lowest BCUT2D eigenvalue weighted by Crippen LogP contribution is -2.14. The van der Waals surface area contributed by atoms with Crippen LogP contribution in [0.15, 0.2) is 35.5 Å². The topological polar surface area (TPSA) is 84.0 Å². The van der Waals surface area contributed by atoms with Crippen molar-refractivity contribution in [1.82, 2.24) is 9.97 Å². The Balaban J connectivity index is 2.25. The van der Waals surface area contributed by atoms with E-state index in [2.05, 4.69) is 42.6 Å². The van der Waals surface area contributed by atoms with E-state index in [9.17, 15) is 8.42 Å². The summed E-state index contributed by atoms with van der Waals surface area (Å²) < 4.78 is 27.8. The fourth-order valence-corrected chi connectivity index (χ4v) is 3.41. The van der Waals surface area contributed by atoms with Crippen LogP contribution in [0, 0.1) is 3.57 Å². The molecule has 2 rings (SSSR count). The van der Waals surface area contributed by atoms with Gasteiger partial charge in [-0.25, -0.2) is 18.4 Å². The molecule has 2 aromatic rings. The number of hydrogen-bond acceptors (Lipinski definition) is 5. The predicted octanol–water partition coefficient (Wildman–Crippen LogP) is 2.97. The number of benzene rings is 1. The van der Waals surface area contributed by atoms with Gasteiger partial charge in [0.25, 0.3) is 10.0 Å². The molecule has 1 aromatic heterocycles. The van der Waals surface area contributed by atoms with Crippen molar-refractivity contribution in [3.8, 4) is 0 Å². The largest absolute Gasteiger partial charge is 0.355 e. The number of aromatic nitrogens is 2. The molecule has 0 spiro atoms. The number of rotatable bonds is 5. The molecule has 0 saturated carbocycles. The lowest BCUT2D eigenvalue weighted by molar-refractivity contribution is 0.600. The van der Waals surface area contributed by atoms with Crippen LogP contribution in [0.3, 0.4) is 0 Å². The minimum Gasteiger partial charge on any atom is -0.355 e. The van der Waals surface area contributed by atoms with Gasteiger partial charge in [0.05, 0.1) is 23.1 Å². The highest BCUT2D eigenvalue weighted by Crippen LogP contribution is 2.26. The second-order valence-corrected chi connectivity index (χ2v) is 7.34. The predicted molar refractivity (Wildman–Crippen MR) is 91.2 cm³/mol. The van der Waals surface area contributed by atoms with Gasteiger partial charge in [-0.1, -0.05) is 11.6 Å². The summed E-state index contributed by atoms with van der Waals surface area (Å²) >= 11 is 8.11. The zero-order chi connectivity index (χ0) is 15.5. The molecule has 9 heteroatoms. The first-order valence-corrected chi connectivity index (χ1v) is 8.90. The smallest absolute Gasteiger partial charge is 0.265 e. The van der Waals surface area contributed by atoms with Crippen LogP contribution >= 0.6 is 34.2 Å². The zero-order valence-corrected chi connectivity index (χ0v) is 14.7. The average Bonchev–Trinajstić information content (AvgIpc) is 2.43. The van der Waals surface area contributed by atoms with E-state index in [4.69, 9.17) is 11.6 Å². The molecule has 0 saturated heterocycles. The van der Waals surface area contributed by atoms with E-state index >= 15 is 0 Å². The molecule has 0 aliphatic rings. The third-order valence-corrected chi connectivity index (χ3v) is 4.75. The van der Waals surface area contributed by atoms with Crippen LogP contribution in [0.4, 0.5) is 11.6 Å². The van der Waals surface area contributed by atoms with Gasteiger partial charge in [-0.2, -0.15) is 0 Å². The third-order valence-electron chi connectivity index (χ3n) is 2.45. The SMILES string of the molecule is CCNc1ncc(S(=O)(=O)Nc2ccc(I)cc2Cl)cn1. The van der Waals surface area contributed by atoms with E-state index < -0.39 is 10.0 Å². The van der Waals surface area contributed by atoms with Gasteiger partial charge in [-0.15, -0.1) is 0 Å². The summed E-state index contributed by atoms with van der Waals surface area (Å²) in [6.07, 6.45) is 2.49. The van der Waals surface area contributed by atoms with Gasteiger partial charge < -0.3 is 5.32 Å². The maximum absolute atomic E-state index is 12.2. The van der Waals surface area contributed by atoms with Crippen molar-refractivity contribution in [2.24, 2.45) is 0 Å². The van der Waals surface area contributed by atoms with Crippen molar-refractivity contribution in [2.75, 3.05) is 16.6 Å². The number of anilines is 2. The second-order valence-electron chi connectivity index (χ2n) is 4.00. The van der Waals surface area contributed by atoms with Crippen LogP contribution < -0.4 is 10.0 Å². The van der Waals surface area contributed by atoms with E-state index in [1.807, 2.05) is 6.92 Å². The summed E-state index contributed by atoms with van der Waals surface area (Å²) in [7, 11) is -3.77. The lowest BCUT2D eigenvalue weighted by Gasteiger charge is -2.10. The fraction of sp³-hybridized carbons (Fsp3) is 0.167. The maximum atomic E-state index is 12.2. The van der Waals surface area contributed by atoms with Gasteiger partial charge in [0.1, 0.15) is 4.90 Å². The first-order valence-electron chi connectivity index (χ1n) is 5.96. The van der Waals surface area contributed by atoms with Gasteiger partial charge in [-0.05, 0) is 47.7 Å². The Bertz CT molecular complexity index is 737. The Kier molecular flexibility index (Phi) is 5.22. The van der Waals surface area contributed by atoms with Crippen molar-refractivity contribution in [3.63, 3.8) is 0 Å². The number of hydrogen-bond donors (Lipinski definition) is 2. The number of nitrogens with one attached hydrogen (secondary N) is 2. The van der Waals surface area contributed by atoms with Crippen LogP contribution in [0.5, 0.6) is 0 Å². The summed E-state index contributed by atoms with van der Waals surface area (Å²) in [6, 6.07) is 5.04. The van der Waals surface area contributed by atoms with E-state index in [-0.39, 0.29) is 4.90 Å². The molecule has 6 nitrogen and oxygen atoms in total. The van der Waals surface area contributed by atoms with Crippen LogP contribution in [0.2, 0.25) is 5.02 Å². The van der Waals surface area contributed by atoms with Crippen molar-refractivity contribution in [2.45, 2.75) is 11.8 Å². The molecule has 1 aromatic carbocycles. The van der Waals surface area contributed by atoms with Crippen molar-refractivity contribution in [3.05, 3.63) is 39.2 Å². The Labute approximate surface area is 141 Å². The Hall–Kier alpha value is -1.13. The maximum Gasteiger partial charge on any atom is 0.265 e. The molecule has 21 heavy (non-hydrogen) atoms. The van der Waals surface area contributed by atoms with Gasteiger partial charge >= 0.3 is 0 Å². The van der Waals surface area contributed by atoms with E-state index in [0.717, 1.165) is 3.57 Å². The van der Waals surface area contributed by atoms with Crippen molar-refractivity contribution >= 4 is 55.9 Å². The van der Waals surface area contributed by atoms with Gasteiger partial charge in [0, 0.05) is 10.1 Å². The molecule has 112 valence electrons. The van der Waals surface area contributed by atoms with Gasteiger partial charge in [0.15, 0.2) is 0 Å². The summed E-state index contributed by atoms with van der Waals surface area (Å²) in [5.74, 6) is 0.378. The zero-order valence-electron chi connectivity index (χ0n) is 11.0. The third kappa shape index (κ3) is 4.17. The monoisotopic (exact) mass is 438 g/mol. The number of sulfonamides is 1. The van der Waals surface area contributed by atoms with Crippen LogP contribution in [0.1, 0.15) is 6.92 Å². The summed E-state index contributed by atoms with van der Waals surface area (Å²) in [4.78, 5) is 7.85. The van der Waals surface area contributed by atoms with E-state index in [1.165, 1.54) is 12.4 Å². The Morgan fingerprint density at radius 2 is 1.95 bits per heavy atom. The molecule has 0 aliphatic heterocycles. The fourth-order valence-electron chi connectivity index (χ4n) is 1.48. The average molecular weight is 439 g/mol. The highest BCUT2D eigenvalue weighted by atomic mass is 127. The minimum atomic E-state index is -3.77. The quantitative estimate of drug-likeness (QED) is 0.701. The normalized spacial score (nSPS) is 11.2. The minimum absolute atomic E-state index is 0.0289. The molecule has 0 bridgehead atoms. The van der Waals surface area contributed by atoms with Crippen LogP contribution in [0.25, 0.3) is 0 Å². The van der Waals surface area contributed by atoms with Gasteiger partial charge in [-0.3, -0.25) is 4.72 Å². The first-order chi connectivity index (χ1) is 9.92. The Morgan fingerprint density at radius 1 is 1.29 bits per heavy atom. The molecular formula is C12H12ClIN4O2S. The molecule has 0 radical (unpaired) electrons. The summed E-state index contributed by atoms with van der Waals surface area (Å²) in [6.45, 7) is 2.55. The number of nitrogens with zero attached hydrogens (tertiary/aromatic N) is 2. The van der Waals surface area contributed by atoms with Crippen LogP contribution in [-0.4, -0.2) is 24.9 Å². The number of halogens is 2. The molecule has 2 N–H and O–H groups in total. The highest BCUT2D eigenvalue weighted by Gasteiger charge is 2.17. The van der Waals surface area contributed by atoms with Crippen LogP contribution in [-0.2, 0) is 10.0 Å². The van der Waals surface area contributed by atoms with Crippen molar-refractivity contribution in [1.29, 1.82) is 0 Å². The second kappa shape index (κ2) is 6.75. The molecule has 0 fully saturated rings. The van der Waals surface area contributed by atoms with E-state index in [0.29, 0.717) is 23.2 Å². The molecule has 0 aliphatic carbocycles. The highest BCUT2D eigenvalue weighted by molar-refractivity contribution is 14.1. The standard InChI is InChI=1S/C12H12ClIN4O2S/c1-2-15-12-16-6-9(7-17-12)21(19,20)18-11-4-3-8(14)5-10(11)13/h3-7,18H,2H2,1H3,(H,15,16,17). The molecule has 0 amide bonds. The van der Waals surface area contributed by atoms with E-state index in [1.54, 1.807) is 18.2 Å². The first kappa shape index (κ1) is 16.2. The molecule has 0 atom stereocenters. The lowest BCUT2D eigenvalue weighted by atomic mass is 10.3. The summed E-state index contributed by atoms with van der Waals surface area (Å²) in [5, 5.41) is 3.22. The molecule has 0 unspecified atom stereocenters. The Morgan fingerprint density at radius 3 is 2.52 bits per heavy atom.